The predicted octanol–water partition coefficient (Wildman–Crippen LogP) is 2.70. The monoisotopic (exact) mass is 354 g/mol. The van der Waals surface area contributed by atoms with Gasteiger partial charge in [-0.15, -0.1) is 0 Å². The van der Waals surface area contributed by atoms with Crippen LogP contribution in [-0.4, -0.2) is 17.5 Å². The predicted molar refractivity (Wildman–Crippen MR) is 77.5 cm³/mol. The first-order valence-corrected chi connectivity index (χ1v) is 6.40. The summed E-state index contributed by atoms with van der Waals surface area (Å²) in [5, 5.41) is 2.72. The summed E-state index contributed by atoms with van der Waals surface area (Å²) in [6.45, 7) is -0.0110. The molecule has 1 aromatic carbocycles. The molecule has 1 N–H and O–H groups in total. The number of carbonyl (C=O) groups excluding carboxylic acids is 1. The van der Waals surface area contributed by atoms with Crippen LogP contribution in [0.25, 0.3) is 0 Å². The highest BCUT2D eigenvalue weighted by atomic mass is 127. The largest absolute Gasteiger partial charge is 0.484 e. The maximum absolute atomic E-state index is 11.6. The smallest absolute Gasteiger partial charge is 0.262 e. The molecule has 4 nitrogen and oxygen atoms in total. The lowest BCUT2D eigenvalue weighted by Crippen LogP contribution is -2.20. The fourth-order valence-corrected chi connectivity index (χ4v) is 1.67. The summed E-state index contributed by atoms with van der Waals surface area (Å²) >= 11 is 2.21. The summed E-state index contributed by atoms with van der Waals surface area (Å²) in [6.07, 6.45) is 3.24. The van der Waals surface area contributed by atoms with Crippen molar-refractivity contribution in [3.63, 3.8) is 0 Å². The molecular formula is C13H11IN2O2. The Morgan fingerprint density at radius 1 is 1.17 bits per heavy atom. The number of aromatic nitrogens is 1. The molecule has 0 radical (unpaired) electrons. The van der Waals surface area contributed by atoms with Gasteiger partial charge in [-0.05, 0) is 59.0 Å². The highest BCUT2D eigenvalue weighted by Crippen LogP contribution is 2.13. The summed E-state index contributed by atoms with van der Waals surface area (Å²) in [5.74, 6) is 0.486. The molecule has 2 aromatic rings. The summed E-state index contributed by atoms with van der Waals surface area (Å²) in [6, 6.07) is 11.0. The van der Waals surface area contributed by atoms with Gasteiger partial charge in [0.15, 0.2) is 6.61 Å². The maximum atomic E-state index is 11.6. The van der Waals surface area contributed by atoms with Crippen LogP contribution in [0.2, 0.25) is 0 Å². The van der Waals surface area contributed by atoms with Crippen molar-refractivity contribution in [2.24, 2.45) is 0 Å². The van der Waals surface area contributed by atoms with Crippen molar-refractivity contribution in [2.45, 2.75) is 0 Å². The van der Waals surface area contributed by atoms with E-state index < -0.39 is 0 Å². The van der Waals surface area contributed by atoms with Gasteiger partial charge in [0.1, 0.15) is 5.75 Å². The Bertz CT molecular complexity index is 514. The van der Waals surface area contributed by atoms with Gasteiger partial charge < -0.3 is 10.1 Å². The van der Waals surface area contributed by atoms with E-state index in [1.165, 1.54) is 0 Å². The highest BCUT2D eigenvalue weighted by molar-refractivity contribution is 14.1. The third kappa shape index (κ3) is 3.99. The first kappa shape index (κ1) is 12.8. The molecule has 1 amide bonds. The van der Waals surface area contributed by atoms with Crippen LogP contribution in [0.3, 0.4) is 0 Å². The molecule has 0 saturated heterocycles. The minimum atomic E-state index is -0.195. The molecule has 0 spiro atoms. The maximum Gasteiger partial charge on any atom is 0.262 e. The van der Waals surface area contributed by atoms with E-state index in [1.54, 1.807) is 24.5 Å². The SMILES string of the molecule is O=C(COc1ccc(I)cc1)Nc1ccncc1. The van der Waals surface area contributed by atoms with Gasteiger partial charge in [-0.1, -0.05) is 0 Å². The van der Waals surface area contributed by atoms with Crippen LogP contribution in [0.4, 0.5) is 5.69 Å². The van der Waals surface area contributed by atoms with E-state index in [1.807, 2.05) is 24.3 Å². The Hall–Kier alpha value is -1.63. The molecule has 1 heterocycles. The van der Waals surface area contributed by atoms with Crippen molar-refractivity contribution in [1.29, 1.82) is 0 Å². The van der Waals surface area contributed by atoms with Gasteiger partial charge in [0.05, 0.1) is 0 Å². The Morgan fingerprint density at radius 3 is 2.50 bits per heavy atom. The van der Waals surface area contributed by atoms with Crippen molar-refractivity contribution in [2.75, 3.05) is 11.9 Å². The van der Waals surface area contributed by atoms with E-state index in [0.717, 1.165) is 3.57 Å². The van der Waals surface area contributed by atoms with Crippen LogP contribution in [0, 0.1) is 3.57 Å². The first-order chi connectivity index (χ1) is 8.74. The number of halogens is 1. The van der Waals surface area contributed by atoms with Gasteiger partial charge in [-0.25, -0.2) is 0 Å². The van der Waals surface area contributed by atoms with Crippen LogP contribution in [-0.2, 0) is 4.79 Å². The van der Waals surface area contributed by atoms with Crippen LogP contribution < -0.4 is 10.1 Å². The zero-order chi connectivity index (χ0) is 12.8. The minimum Gasteiger partial charge on any atom is -0.484 e. The van der Waals surface area contributed by atoms with Crippen LogP contribution >= 0.6 is 22.6 Å². The average Bonchev–Trinajstić information content (AvgIpc) is 2.39. The molecule has 0 fully saturated rings. The lowest BCUT2D eigenvalue weighted by molar-refractivity contribution is -0.118. The number of anilines is 1. The Morgan fingerprint density at radius 2 is 1.83 bits per heavy atom. The number of carbonyl (C=O) groups is 1. The zero-order valence-electron chi connectivity index (χ0n) is 9.47. The summed E-state index contributed by atoms with van der Waals surface area (Å²) < 4.78 is 6.49. The topological polar surface area (TPSA) is 51.2 Å². The minimum absolute atomic E-state index is 0.0110. The van der Waals surface area contributed by atoms with Gasteiger partial charge >= 0.3 is 0 Å². The van der Waals surface area contributed by atoms with Gasteiger partial charge in [0, 0.05) is 21.7 Å². The molecule has 5 heteroatoms. The molecule has 92 valence electrons. The summed E-state index contributed by atoms with van der Waals surface area (Å²) in [7, 11) is 0. The van der Waals surface area contributed by atoms with E-state index in [-0.39, 0.29) is 12.5 Å². The Balaban J connectivity index is 1.83. The second-order valence-electron chi connectivity index (χ2n) is 3.53. The molecule has 0 unspecified atom stereocenters. The van der Waals surface area contributed by atoms with E-state index in [0.29, 0.717) is 11.4 Å². The van der Waals surface area contributed by atoms with Crippen molar-refractivity contribution in [1.82, 2.24) is 4.98 Å². The number of rotatable bonds is 4. The quantitative estimate of drug-likeness (QED) is 0.859. The average molecular weight is 354 g/mol. The number of nitrogens with zero attached hydrogens (tertiary/aromatic N) is 1. The van der Waals surface area contributed by atoms with Crippen LogP contribution in [0.1, 0.15) is 0 Å². The molecule has 0 atom stereocenters. The molecule has 2 rings (SSSR count). The van der Waals surface area contributed by atoms with Crippen molar-refractivity contribution < 1.29 is 9.53 Å². The standard InChI is InChI=1S/C13H11IN2O2/c14-10-1-3-12(4-2-10)18-9-13(17)16-11-5-7-15-8-6-11/h1-8H,9H2,(H,15,16,17). The second kappa shape index (κ2) is 6.34. The third-order valence-electron chi connectivity index (χ3n) is 2.15. The molecule has 1 aromatic heterocycles. The van der Waals surface area contributed by atoms with Crippen molar-refractivity contribution in [3.8, 4) is 5.75 Å². The molecule has 0 aliphatic rings. The Kier molecular flexibility index (Phi) is 4.52. The van der Waals surface area contributed by atoms with Crippen LogP contribution in [0.5, 0.6) is 5.75 Å². The van der Waals surface area contributed by atoms with Gasteiger partial charge in [0.25, 0.3) is 5.91 Å². The van der Waals surface area contributed by atoms with E-state index in [4.69, 9.17) is 4.74 Å². The fourth-order valence-electron chi connectivity index (χ4n) is 1.31. The van der Waals surface area contributed by atoms with E-state index in [2.05, 4.69) is 32.9 Å². The Labute approximate surface area is 119 Å². The normalized spacial score (nSPS) is 9.83. The lowest BCUT2D eigenvalue weighted by atomic mass is 10.3. The van der Waals surface area contributed by atoms with Crippen LogP contribution in [0.15, 0.2) is 48.8 Å². The van der Waals surface area contributed by atoms with Gasteiger partial charge in [-0.2, -0.15) is 0 Å². The summed E-state index contributed by atoms with van der Waals surface area (Å²) in [4.78, 5) is 15.5. The number of pyridine rings is 1. The molecule has 0 saturated carbocycles. The number of hydrogen-bond donors (Lipinski definition) is 1. The molecule has 18 heavy (non-hydrogen) atoms. The number of benzene rings is 1. The number of ether oxygens (including phenoxy) is 1. The number of hydrogen-bond acceptors (Lipinski definition) is 3. The second-order valence-corrected chi connectivity index (χ2v) is 4.77. The number of nitrogens with one attached hydrogen (secondary N) is 1. The van der Waals surface area contributed by atoms with E-state index >= 15 is 0 Å². The fraction of sp³-hybridized carbons (Fsp3) is 0.0769. The zero-order valence-corrected chi connectivity index (χ0v) is 11.6. The van der Waals surface area contributed by atoms with Crippen molar-refractivity contribution >= 4 is 34.2 Å². The van der Waals surface area contributed by atoms with Gasteiger partial charge in [-0.3, -0.25) is 9.78 Å². The molecule has 0 bridgehead atoms. The number of amides is 1. The highest BCUT2D eigenvalue weighted by Gasteiger charge is 2.03. The molecule has 0 aliphatic heterocycles. The van der Waals surface area contributed by atoms with Gasteiger partial charge in [0.2, 0.25) is 0 Å². The molecule has 0 aliphatic carbocycles. The third-order valence-corrected chi connectivity index (χ3v) is 2.87. The lowest BCUT2D eigenvalue weighted by Gasteiger charge is -2.07. The summed E-state index contributed by atoms with van der Waals surface area (Å²) in [5.41, 5.74) is 0.709. The van der Waals surface area contributed by atoms with Crippen molar-refractivity contribution in [3.05, 3.63) is 52.4 Å². The molecular weight excluding hydrogens is 343 g/mol. The van der Waals surface area contributed by atoms with E-state index in [9.17, 15) is 4.79 Å². The first-order valence-electron chi connectivity index (χ1n) is 5.32.